The van der Waals surface area contributed by atoms with E-state index in [9.17, 15) is 0 Å². The minimum absolute atomic E-state index is 0.417. The standard InChI is InChI=1S/C18H21Br2N/c1-12-5-4-6-15(9-12)8-7-14(3)21-18-16(19)10-13(2)11-17(18)20/h4-6,9-11,14,21H,7-8H2,1-3H3. The van der Waals surface area contributed by atoms with E-state index in [1.165, 1.54) is 16.7 Å². The summed E-state index contributed by atoms with van der Waals surface area (Å²) >= 11 is 7.28. The Morgan fingerprint density at radius 2 is 1.67 bits per heavy atom. The lowest BCUT2D eigenvalue weighted by Crippen LogP contribution is -2.16. The van der Waals surface area contributed by atoms with Gasteiger partial charge in [-0.3, -0.25) is 0 Å². The van der Waals surface area contributed by atoms with Crippen molar-refractivity contribution in [3.05, 3.63) is 62.0 Å². The molecule has 0 aliphatic rings. The van der Waals surface area contributed by atoms with Crippen molar-refractivity contribution < 1.29 is 0 Å². The van der Waals surface area contributed by atoms with Gasteiger partial charge in [-0.15, -0.1) is 0 Å². The zero-order valence-corrected chi connectivity index (χ0v) is 15.9. The maximum absolute atomic E-state index is 3.64. The average Bonchev–Trinajstić information content (AvgIpc) is 2.40. The molecule has 21 heavy (non-hydrogen) atoms. The lowest BCUT2D eigenvalue weighted by molar-refractivity contribution is 0.705. The van der Waals surface area contributed by atoms with Crippen LogP contribution in [0.5, 0.6) is 0 Å². The van der Waals surface area contributed by atoms with Gasteiger partial charge in [0.05, 0.1) is 5.69 Å². The number of hydrogen-bond donors (Lipinski definition) is 1. The quantitative estimate of drug-likeness (QED) is 0.613. The van der Waals surface area contributed by atoms with E-state index < -0.39 is 0 Å². The molecule has 0 aliphatic carbocycles. The second kappa shape index (κ2) is 7.46. The molecule has 0 aliphatic heterocycles. The fourth-order valence-electron chi connectivity index (χ4n) is 2.41. The van der Waals surface area contributed by atoms with Crippen LogP contribution in [0.25, 0.3) is 0 Å². The molecule has 2 aromatic carbocycles. The Morgan fingerprint density at radius 3 is 2.29 bits per heavy atom. The zero-order chi connectivity index (χ0) is 15.4. The van der Waals surface area contributed by atoms with E-state index >= 15 is 0 Å². The fourth-order valence-corrected chi connectivity index (χ4v) is 4.05. The van der Waals surface area contributed by atoms with E-state index in [0.717, 1.165) is 27.5 Å². The van der Waals surface area contributed by atoms with E-state index in [1.807, 2.05) is 0 Å². The third-order valence-electron chi connectivity index (χ3n) is 3.53. The highest BCUT2D eigenvalue weighted by Gasteiger charge is 2.10. The Morgan fingerprint density at radius 1 is 1.00 bits per heavy atom. The first-order valence-corrected chi connectivity index (χ1v) is 8.82. The molecule has 0 saturated carbocycles. The fraction of sp³-hybridized carbons (Fsp3) is 0.333. The van der Waals surface area contributed by atoms with Crippen molar-refractivity contribution in [3.63, 3.8) is 0 Å². The molecule has 1 N–H and O–H groups in total. The van der Waals surface area contributed by atoms with Gasteiger partial charge < -0.3 is 5.32 Å². The molecule has 0 radical (unpaired) electrons. The number of nitrogens with one attached hydrogen (secondary N) is 1. The van der Waals surface area contributed by atoms with Gasteiger partial charge >= 0.3 is 0 Å². The van der Waals surface area contributed by atoms with Crippen LogP contribution < -0.4 is 5.32 Å². The van der Waals surface area contributed by atoms with E-state index in [-0.39, 0.29) is 0 Å². The average molecular weight is 411 g/mol. The van der Waals surface area contributed by atoms with Crippen LogP contribution in [0.2, 0.25) is 0 Å². The molecular weight excluding hydrogens is 390 g/mol. The van der Waals surface area contributed by atoms with Crippen LogP contribution in [-0.2, 0) is 6.42 Å². The minimum Gasteiger partial charge on any atom is -0.381 e. The van der Waals surface area contributed by atoms with Gasteiger partial charge in [-0.1, -0.05) is 29.8 Å². The smallest absolute Gasteiger partial charge is 0.0631 e. The van der Waals surface area contributed by atoms with Crippen molar-refractivity contribution in [2.24, 2.45) is 0 Å². The number of anilines is 1. The summed E-state index contributed by atoms with van der Waals surface area (Å²) in [6.07, 6.45) is 2.20. The molecule has 0 amide bonds. The van der Waals surface area contributed by atoms with Gasteiger partial charge in [0.15, 0.2) is 0 Å². The SMILES string of the molecule is Cc1cccc(CCC(C)Nc2c(Br)cc(C)cc2Br)c1. The number of hydrogen-bond acceptors (Lipinski definition) is 1. The molecule has 1 atom stereocenters. The molecule has 3 heteroatoms. The van der Waals surface area contributed by atoms with E-state index in [0.29, 0.717) is 6.04 Å². The molecule has 1 nitrogen and oxygen atoms in total. The van der Waals surface area contributed by atoms with Gasteiger partial charge in [0.1, 0.15) is 0 Å². The van der Waals surface area contributed by atoms with E-state index in [1.54, 1.807) is 0 Å². The molecule has 0 saturated heterocycles. The first-order valence-electron chi connectivity index (χ1n) is 7.23. The summed E-state index contributed by atoms with van der Waals surface area (Å²) in [4.78, 5) is 0. The summed E-state index contributed by atoms with van der Waals surface area (Å²) in [7, 11) is 0. The summed E-state index contributed by atoms with van der Waals surface area (Å²) < 4.78 is 2.22. The number of rotatable bonds is 5. The largest absolute Gasteiger partial charge is 0.381 e. The van der Waals surface area contributed by atoms with Gasteiger partial charge in [-0.2, -0.15) is 0 Å². The van der Waals surface area contributed by atoms with E-state index in [2.05, 4.69) is 94.3 Å². The van der Waals surface area contributed by atoms with Gasteiger partial charge in [-0.05, 0) is 88.7 Å². The Bertz CT molecular complexity index is 599. The van der Waals surface area contributed by atoms with Gasteiger partial charge in [-0.25, -0.2) is 0 Å². The summed E-state index contributed by atoms with van der Waals surface area (Å²) in [6.45, 7) is 6.47. The maximum Gasteiger partial charge on any atom is 0.0631 e. The Kier molecular flexibility index (Phi) is 5.88. The Balaban J connectivity index is 1.97. The lowest BCUT2D eigenvalue weighted by atomic mass is 10.0. The van der Waals surface area contributed by atoms with Crippen molar-refractivity contribution in [3.8, 4) is 0 Å². The third-order valence-corrected chi connectivity index (χ3v) is 4.78. The highest BCUT2D eigenvalue weighted by Crippen LogP contribution is 2.33. The number of aryl methyl sites for hydroxylation is 3. The zero-order valence-electron chi connectivity index (χ0n) is 12.7. The molecular formula is C18H21Br2N. The van der Waals surface area contributed by atoms with Gasteiger partial charge in [0.25, 0.3) is 0 Å². The maximum atomic E-state index is 3.64. The lowest BCUT2D eigenvalue weighted by Gasteiger charge is -2.18. The van der Waals surface area contributed by atoms with Crippen LogP contribution in [-0.4, -0.2) is 6.04 Å². The second-order valence-electron chi connectivity index (χ2n) is 5.68. The summed E-state index contributed by atoms with van der Waals surface area (Å²) in [5, 5.41) is 3.60. The normalized spacial score (nSPS) is 12.2. The van der Waals surface area contributed by atoms with Crippen molar-refractivity contribution in [2.75, 3.05) is 5.32 Å². The van der Waals surface area contributed by atoms with Crippen molar-refractivity contribution in [2.45, 2.75) is 39.7 Å². The molecule has 0 heterocycles. The molecule has 0 spiro atoms. The highest BCUT2D eigenvalue weighted by atomic mass is 79.9. The van der Waals surface area contributed by atoms with Crippen LogP contribution in [0.4, 0.5) is 5.69 Å². The van der Waals surface area contributed by atoms with Crippen LogP contribution in [0.15, 0.2) is 45.3 Å². The third kappa shape index (κ3) is 4.86. The molecule has 1 unspecified atom stereocenters. The molecule has 0 fully saturated rings. The number of benzene rings is 2. The number of halogens is 2. The first-order chi connectivity index (χ1) is 9.95. The summed E-state index contributed by atoms with van der Waals surface area (Å²) in [6, 6.07) is 13.4. The van der Waals surface area contributed by atoms with Crippen LogP contribution in [0, 0.1) is 13.8 Å². The van der Waals surface area contributed by atoms with Gasteiger partial charge in [0, 0.05) is 15.0 Å². The molecule has 2 aromatic rings. The predicted octanol–water partition coefficient (Wildman–Crippen LogP) is 6.26. The van der Waals surface area contributed by atoms with Crippen molar-refractivity contribution in [1.29, 1.82) is 0 Å². The molecule has 0 bridgehead atoms. The van der Waals surface area contributed by atoms with Crippen LogP contribution in [0.1, 0.15) is 30.0 Å². The molecule has 0 aromatic heterocycles. The topological polar surface area (TPSA) is 12.0 Å². The van der Waals surface area contributed by atoms with Crippen molar-refractivity contribution >= 4 is 37.5 Å². The summed E-state index contributed by atoms with van der Waals surface area (Å²) in [5.41, 5.74) is 5.12. The second-order valence-corrected chi connectivity index (χ2v) is 7.39. The Hall–Kier alpha value is -0.800. The predicted molar refractivity (Wildman–Crippen MR) is 99.2 cm³/mol. The van der Waals surface area contributed by atoms with Crippen LogP contribution in [0.3, 0.4) is 0 Å². The molecule has 112 valence electrons. The van der Waals surface area contributed by atoms with E-state index in [4.69, 9.17) is 0 Å². The minimum atomic E-state index is 0.417. The van der Waals surface area contributed by atoms with Crippen molar-refractivity contribution in [1.82, 2.24) is 0 Å². The molecule has 2 rings (SSSR count). The van der Waals surface area contributed by atoms with Gasteiger partial charge in [0.2, 0.25) is 0 Å². The Labute approximate surface area is 144 Å². The highest BCUT2D eigenvalue weighted by molar-refractivity contribution is 9.11. The van der Waals surface area contributed by atoms with Crippen LogP contribution >= 0.6 is 31.9 Å². The summed E-state index contributed by atoms with van der Waals surface area (Å²) in [5.74, 6) is 0. The monoisotopic (exact) mass is 409 g/mol. The first kappa shape index (κ1) is 16.6.